The Morgan fingerprint density at radius 3 is 2.34 bits per heavy atom. The van der Waals surface area contributed by atoms with Crippen molar-refractivity contribution in [3.63, 3.8) is 0 Å². The highest BCUT2D eigenvalue weighted by atomic mass is 16.5. The molecule has 4 rings (SSSR count). The van der Waals surface area contributed by atoms with Crippen molar-refractivity contribution >= 4 is 18.0 Å². The van der Waals surface area contributed by atoms with Crippen LogP contribution in [0.3, 0.4) is 0 Å². The molecule has 0 radical (unpaired) electrons. The Bertz CT molecular complexity index is 1020. The molecule has 0 spiro atoms. The molecule has 0 heterocycles. The number of carboxylic acids is 1. The van der Waals surface area contributed by atoms with E-state index in [0.29, 0.717) is 19.4 Å². The van der Waals surface area contributed by atoms with Crippen LogP contribution in [0.2, 0.25) is 0 Å². The molecular formula is C28H34N2O5. The van der Waals surface area contributed by atoms with Gasteiger partial charge in [-0.15, -0.1) is 0 Å². The van der Waals surface area contributed by atoms with Crippen molar-refractivity contribution in [1.82, 2.24) is 10.6 Å². The zero-order chi connectivity index (χ0) is 24.8. The second-order valence-corrected chi connectivity index (χ2v) is 9.81. The van der Waals surface area contributed by atoms with Gasteiger partial charge in [0.15, 0.2) is 0 Å². The monoisotopic (exact) mass is 478 g/mol. The quantitative estimate of drug-likeness (QED) is 0.485. The number of rotatable bonds is 9. The number of carbonyl (C=O) groups excluding carboxylic acids is 2. The number of benzene rings is 2. The van der Waals surface area contributed by atoms with E-state index in [-0.39, 0.29) is 42.7 Å². The molecule has 0 bridgehead atoms. The third kappa shape index (κ3) is 6.21. The van der Waals surface area contributed by atoms with Gasteiger partial charge in [0.25, 0.3) is 0 Å². The molecule has 1 fully saturated rings. The van der Waals surface area contributed by atoms with Crippen molar-refractivity contribution in [2.75, 3.05) is 13.2 Å². The summed E-state index contributed by atoms with van der Waals surface area (Å²) in [6.07, 6.45) is 3.35. The molecule has 3 atom stereocenters. The average Bonchev–Trinajstić information content (AvgIpc) is 3.16. The SMILES string of the molecule is CC(CCNC(=O)[C@@H]1CCC[C@@H](NC(=O)OCC2c3ccccc3-c3ccccc32)C1)CC(=O)O. The summed E-state index contributed by atoms with van der Waals surface area (Å²) in [5.41, 5.74) is 4.73. The number of hydrogen-bond acceptors (Lipinski definition) is 4. The summed E-state index contributed by atoms with van der Waals surface area (Å²) in [5, 5.41) is 14.8. The van der Waals surface area contributed by atoms with Crippen LogP contribution in [0.15, 0.2) is 48.5 Å². The highest BCUT2D eigenvalue weighted by Gasteiger charge is 2.31. The minimum Gasteiger partial charge on any atom is -0.481 e. The number of nitrogens with one attached hydrogen (secondary N) is 2. The number of ether oxygens (including phenoxy) is 1. The lowest BCUT2D eigenvalue weighted by Gasteiger charge is -2.29. The molecule has 1 unspecified atom stereocenters. The van der Waals surface area contributed by atoms with Crippen molar-refractivity contribution in [1.29, 1.82) is 0 Å². The molecule has 0 saturated heterocycles. The van der Waals surface area contributed by atoms with Crippen molar-refractivity contribution in [3.05, 3.63) is 59.7 Å². The number of hydrogen-bond donors (Lipinski definition) is 3. The second-order valence-electron chi connectivity index (χ2n) is 9.81. The number of amides is 2. The van der Waals surface area contributed by atoms with Gasteiger partial charge in [0.1, 0.15) is 6.61 Å². The van der Waals surface area contributed by atoms with E-state index in [1.54, 1.807) is 0 Å². The van der Waals surface area contributed by atoms with Gasteiger partial charge in [0.05, 0.1) is 0 Å². The molecule has 1 saturated carbocycles. The first kappa shape index (κ1) is 24.8. The van der Waals surface area contributed by atoms with E-state index in [4.69, 9.17) is 9.84 Å². The third-order valence-electron chi connectivity index (χ3n) is 7.17. The Morgan fingerprint density at radius 2 is 1.69 bits per heavy atom. The molecule has 7 nitrogen and oxygen atoms in total. The van der Waals surface area contributed by atoms with Crippen LogP contribution >= 0.6 is 0 Å². The van der Waals surface area contributed by atoms with E-state index in [0.717, 1.165) is 19.3 Å². The number of aliphatic carboxylic acids is 1. The van der Waals surface area contributed by atoms with Gasteiger partial charge >= 0.3 is 12.1 Å². The molecule has 0 aliphatic heterocycles. The minimum atomic E-state index is -0.821. The second kappa shape index (κ2) is 11.4. The number of fused-ring (bicyclic) bond motifs is 3. The van der Waals surface area contributed by atoms with Crippen LogP contribution in [-0.2, 0) is 14.3 Å². The van der Waals surface area contributed by atoms with E-state index in [2.05, 4.69) is 34.9 Å². The van der Waals surface area contributed by atoms with Crippen LogP contribution in [-0.4, -0.2) is 42.3 Å². The largest absolute Gasteiger partial charge is 0.481 e. The number of carboxylic acid groups (broad SMARTS) is 1. The minimum absolute atomic E-state index is 0.0153. The summed E-state index contributed by atoms with van der Waals surface area (Å²) >= 11 is 0. The fraction of sp³-hybridized carbons (Fsp3) is 0.464. The Balaban J connectivity index is 1.24. The van der Waals surface area contributed by atoms with Crippen molar-refractivity contribution in [2.45, 2.75) is 57.4 Å². The van der Waals surface area contributed by atoms with Gasteiger partial charge < -0.3 is 20.5 Å². The first-order valence-corrected chi connectivity index (χ1v) is 12.5. The van der Waals surface area contributed by atoms with Crippen molar-refractivity contribution in [2.24, 2.45) is 11.8 Å². The van der Waals surface area contributed by atoms with Crippen LogP contribution in [0.4, 0.5) is 4.79 Å². The molecule has 2 aliphatic carbocycles. The van der Waals surface area contributed by atoms with Crippen LogP contribution in [0.1, 0.15) is 62.5 Å². The molecule has 186 valence electrons. The van der Waals surface area contributed by atoms with Crippen LogP contribution in [0.5, 0.6) is 0 Å². The Morgan fingerprint density at radius 1 is 1.03 bits per heavy atom. The normalized spacial score (nSPS) is 19.8. The summed E-state index contributed by atoms with van der Waals surface area (Å²) < 4.78 is 5.66. The fourth-order valence-electron chi connectivity index (χ4n) is 5.35. The van der Waals surface area contributed by atoms with Crippen LogP contribution in [0, 0.1) is 11.8 Å². The molecule has 2 aliphatic rings. The number of alkyl carbamates (subject to hydrolysis) is 1. The topological polar surface area (TPSA) is 105 Å². The first-order valence-electron chi connectivity index (χ1n) is 12.5. The summed E-state index contributed by atoms with van der Waals surface area (Å²) in [6.45, 7) is 2.61. The van der Waals surface area contributed by atoms with Crippen LogP contribution in [0.25, 0.3) is 11.1 Å². The molecule has 35 heavy (non-hydrogen) atoms. The van der Waals surface area contributed by atoms with Gasteiger partial charge in [-0.2, -0.15) is 0 Å². The molecular weight excluding hydrogens is 444 g/mol. The Labute approximate surface area is 206 Å². The third-order valence-corrected chi connectivity index (χ3v) is 7.17. The fourth-order valence-corrected chi connectivity index (χ4v) is 5.35. The Hall–Kier alpha value is -3.35. The maximum Gasteiger partial charge on any atom is 0.407 e. The van der Waals surface area contributed by atoms with Gasteiger partial charge in [0.2, 0.25) is 5.91 Å². The first-order chi connectivity index (χ1) is 16.9. The zero-order valence-electron chi connectivity index (χ0n) is 20.2. The standard InChI is InChI=1S/C28H34N2O5/c1-18(15-26(31)32)13-14-29-27(33)19-7-6-8-20(16-19)30-28(34)35-17-25-23-11-4-2-9-21(23)22-10-3-5-12-24(22)25/h2-5,9-12,18-20,25H,6-8,13-17H2,1H3,(H,29,33)(H,30,34)(H,31,32)/t18?,19-,20-/m1/s1. The summed E-state index contributed by atoms with van der Waals surface area (Å²) in [7, 11) is 0. The maximum absolute atomic E-state index is 12.6. The summed E-state index contributed by atoms with van der Waals surface area (Å²) in [4.78, 5) is 36.0. The predicted molar refractivity (Wildman–Crippen MR) is 133 cm³/mol. The molecule has 0 aromatic heterocycles. The Kier molecular flexibility index (Phi) is 8.06. The van der Waals surface area contributed by atoms with Gasteiger partial charge in [0, 0.05) is 30.8 Å². The smallest absolute Gasteiger partial charge is 0.407 e. The maximum atomic E-state index is 12.6. The van der Waals surface area contributed by atoms with E-state index in [1.807, 2.05) is 31.2 Å². The zero-order valence-corrected chi connectivity index (χ0v) is 20.2. The van der Waals surface area contributed by atoms with Gasteiger partial charge in [-0.25, -0.2) is 4.79 Å². The predicted octanol–water partition coefficient (Wildman–Crippen LogP) is 4.70. The van der Waals surface area contributed by atoms with Crippen LogP contribution < -0.4 is 10.6 Å². The lowest BCUT2D eigenvalue weighted by atomic mass is 9.85. The lowest BCUT2D eigenvalue weighted by molar-refractivity contribution is -0.138. The van der Waals surface area contributed by atoms with E-state index < -0.39 is 12.1 Å². The molecule has 3 N–H and O–H groups in total. The highest BCUT2D eigenvalue weighted by molar-refractivity contribution is 5.80. The molecule has 2 aromatic rings. The average molecular weight is 479 g/mol. The van der Waals surface area contributed by atoms with Gasteiger partial charge in [-0.3, -0.25) is 9.59 Å². The van der Waals surface area contributed by atoms with E-state index in [9.17, 15) is 14.4 Å². The molecule has 2 aromatic carbocycles. The van der Waals surface area contributed by atoms with Crippen molar-refractivity contribution in [3.8, 4) is 11.1 Å². The highest BCUT2D eigenvalue weighted by Crippen LogP contribution is 2.44. The summed E-state index contributed by atoms with van der Waals surface area (Å²) in [5.74, 6) is -0.967. The van der Waals surface area contributed by atoms with E-state index >= 15 is 0 Å². The molecule has 7 heteroatoms. The van der Waals surface area contributed by atoms with Gasteiger partial charge in [-0.05, 0) is 53.9 Å². The van der Waals surface area contributed by atoms with Crippen molar-refractivity contribution < 1.29 is 24.2 Å². The lowest BCUT2D eigenvalue weighted by Crippen LogP contribution is -2.43. The van der Waals surface area contributed by atoms with Gasteiger partial charge in [-0.1, -0.05) is 61.9 Å². The number of carbonyl (C=O) groups is 3. The molecule has 2 amide bonds. The van der Waals surface area contributed by atoms with E-state index in [1.165, 1.54) is 22.3 Å². The summed E-state index contributed by atoms with van der Waals surface area (Å²) in [6, 6.07) is 16.4.